The van der Waals surface area contributed by atoms with Crippen molar-refractivity contribution in [2.75, 3.05) is 38.5 Å². The van der Waals surface area contributed by atoms with Crippen molar-refractivity contribution in [3.05, 3.63) is 42.0 Å². The first kappa shape index (κ1) is 16.2. The number of nitrogens with one attached hydrogen (secondary N) is 2. The summed E-state index contributed by atoms with van der Waals surface area (Å²) in [6, 6.07) is 7.50. The maximum absolute atomic E-state index is 11.8. The molecule has 118 valence electrons. The van der Waals surface area contributed by atoms with E-state index >= 15 is 0 Å². The molecular weight excluding hydrogens is 280 g/mol. The fraction of sp³-hybridized carbons (Fsp3) is 0.375. The molecule has 1 aromatic carbocycles. The highest BCUT2D eigenvalue weighted by molar-refractivity contribution is 6.03. The van der Waals surface area contributed by atoms with Crippen LogP contribution < -0.4 is 10.7 Å². The van der Waals surface area contributed by atoms with Gasteiger partial charge in [-0.2, -0.15) is 0 Å². The topological polar surface area (TPSA) is 64.7 Å². The summed E-state index contributed by atoms with van der Waals surface area (Å²) < 4.78 is 0. The summed E-state index contributed by atoms with van der Waals surface area (Å²) in [4.78, 5) is 25.7. The molecule has 22 heavy (non-hydrogen) atoms. The van der Waals surface area contributed by atoms with Crippen LogP contribution in [0, 0.1) is 6.92 Å². The summed E-state index contributed by atoms with van der Waals surface area (Å²) >= 11 is 0. The lowest BCUT2D eigenvalue weighted by Crippen LogP contribution is -2.52. The van der Waals surface area contributed by atoms with Crippen molar-refractivity contribution in [3.8, 4) is 0 Å². The lowest BCUT2D eigenvalue weighted by Gasteiger charge is -2.31. The molecule has 1 fully saturated rings. The van der Waals surface area contributed by atoms with Crippen molar-refractivity contribution >= 4 is 17.5 Å². The number of anilines is 1. The maximum Gasteiger partial charge on any atom is 0.258 e. The number of rotatable bonds is 4. The van der Waals surface area contributed by atoms with E-state index < -0.39 is 0 Å². The number of benzene rings is 1. The Kier molecular flexibility index (Phi) is 5.68. The minimum atomic E-state index is -0.320. The molecule has 1 aliphatic heterocycles. The van der Waals surface area contributed by atoms with Gasteiger partial charge >= 0.3 is 0 Å². The Morgan fingerprint density at radius 2 is 1.77 bits per heavy atom. The third-order valence-electron chi connectivity index (χ3n) is 3.44. The Balaban J connectivity index is 1.78. The Bertz CT molecular complexity index is 563. The second-order valence-corrected chi connectivity index (χ2v) is 5.46. The van der Waals surface area contributed by atoms with Gasteiger partial charge in [0.05, 0.1) is 0 Å². The molecule has 1 aliphatic rings. The van der Waals surface area contributed by atoms with Gasteiger partial charge in [0.1, 0.15) is 0 Å². The van der Waals surface area contributed by atoms with Gasteiger partial charge in [-0.3, -0.25) is 15.0 Å². The Hall–Kier alpha value is -2.18. The van der Waals surface area contributed by atoms with Gasteiger partial charge in [0, 0.05) is 44.0 Å². The molecular formula is C16H22N4O2. The molecule has 0 bridgehead atoms. The van der Waals surface area contributed by atoms with Gasteiger partial charge in [-0.25, -0.2) is 5.01 Å². The number of amides is 2. The molecule has 6 nitrogen and oxygen atoms in total. The zero-order valence-electron chi connectivity index (χ0n) is 13.0. The summed E-state index contributed by atoms with van der Waals surface area (Å²) in [5.74, 6) is -0.608. The van der Waals surface area contributed by atoms with Crippen molar-refractivity contribution in [1.82, 2.24) is 15.3 Å². The highest BCUT2D eigenvalue weighted by atomic mass is 16.2. The number of likely N-dealkylation sites (N-methyl/N-ethyl adjacent to an activating group) is 1. The number of hydrazine groups is 1. The monoisotopic (exact) mass is 302 g/mol. The summed E-state index contributed by atoms with van der Waals surface area (Å²) in [5, 5.41) is 4.59. The predicted molar refractivity (Wildman–Crippen MR) is 86.2 cm³/mol. The number of hydrogen-bond donors (Lipinski definition) is 2. The average molecular weight is 302 g/mol. The second kappa shape index (κ2) is 7.72. The summed E-state index contributed by atoms with van der Waals surface area (Å²) in [5.41, 5.74) is 4.55. The van der Waals surface area contributed by atoms with Crippen molar-refractivity contribution < 1.29 is 9.59 Å². The molecule has 0 saturated carbocycles. The van der Waals surface area contributed by atoms with Crippen molar-refractivity contribution in [3.63, 3.8) is 0 Å². The molecule has 1 saturated heterocycles. The van der Waals surface area contributed by atoms with E-state index in [-0.39, 0.29) is 11.8 Å². The first-order chi connectivity index (χ1) is 10.5. The quantitative estimate of drug-likeness (QED) is 0.806. The lowest BCUT2D eigenvalue weighted by atomic mass is 10.2. The Morgan fingerprint density at radius 1 is 1.09 bits per heavy atom. The van der Waals surface area contributed by atoms with Crippen LogP contribution in [-0.2, 0) is 9.59 Å². The number of nitrogens with zero attached hydrogens (tertiary/aromatic N) is 2. The summed E-state index contributed by atoms with van der Waals surface area (Å²) in [6.07, 6.45) is 2.50. The highest BCUT2D eigenvalue weighted by Gasteiger charge is 2.14. The third-order valence-corrected chi connectivity index (χ3v) is 3.44. The zero-order chi connectivity index (χ0) is 15.9. The fourth-order valence-electron chi connectivity index (χ4n) is 2.17. The number of piperazine rings is 1. The van der Waals surface area contributed by atoms with Crippen LogP contribution in [0.1, 0.15) is 5.56 Å². The van der Waals surface area contributed by atoms with Gasteiger partial charge in [0.2, 0.25) is 5.91 Å². The van der Waals surface area contributed by atoms with Crippen LogP contribution in [-0.4, -0.2) is 54.9 Å². The minimum absolute atomic E-state index is 0.288. The standard InChI is InChI=1S/C16H22N4O2/c1-13-4-3-5-14(12-13)17-15(21)6-7-16(22)18-20-10-8-19(2)9-11-20/h3-7,12H,8-11H2,1-2H3,(H,17,21)(H,18,22)/b7-6-. The first-order valence-corrected chi connectivity index (χ1v) is 7.33. The molecule has 0 radical (unpaired) electrons. The van der Waals surface area contributed by atoms with Crippen LogP contribution in [0.4, 0.5) is 5.69 Å². The van der Waals surface area contributed by atoms with Gasteiger partial charge in [-0.05, 0) is 31.7 Å². The number of carbonyl (C=O) groups is 2. The Morgan fingerprint density at radius 3 is 2.45 bits per heavy atom. The number of carbonyl (C=O) groups excluding carboxylic acids is 2. The van der Waals surface area contributed by atoms with Gasteiger partial charge < -0.3 is 10.2 Å². The van der Waals surface area contributed by atoms with Crippen LogP contribution in [0.15, 0.2) is 36.4 Å². The van der Waals surface area contributed by atoms with Crippen LogP contribution in [0.5, 0.6) is 0 Å². The largest absolute Gasteiger partial charge is 0.323 e. The van der Waals surface area contributed by atoms with Gasteiger partial charge in [-0.15, -0.1) is 0 Å². The molecule has 6 heteroatoms. The lowest BCUT2D eigenvalue weighted by molar-refractivity contribution is -0.122. The molecule has 2 amide bonds. The molecule has 1 aromatic rings. The molecule has 2 rings (SSSR count). The van der Waals surface area contributed by atoms with E-state index in [4.69, 9.17) is 0 Å². The Labute approximate surface area is 130 Å². The van der Waals surface area contributed by atoms with Crippen molar-refractivity contribution in [2.45, 2.75) is 6.92 Å². The van der Waals surface area contributed by atoms with Crippen molar-refractivity contribution in [1.29, 1.82) is 0 Å². The highest BCUT2D eigenvalue weighted by Crippen LogP contribution is 2.09. The van der Waals surface area contributed by atoms with Crippen LogP contribution in [0.2, 0.25) is 0 Å². The average Bonchev–Trinajstić information content (AvgIpc) is 2.48. The van der Waals surface area contributed by atoms with Gasteiger partial charge in [-0.1, -0.05) is 12.1 Å². The smallest absolute Gasteiger partial charge is 0.258 e. The van der Waals surface area contributed by atoms with E-state index in [1.807, 2.05) is 36.2 Å². The zero-order valence-corrected chi connectivity index (χ0v) is 13.0. The van der Waals surface area contributed by atoms with Gasteiger partial charge in [0.15, 0.2) is 0 Å². The van der Waals surface area contributed by atoms with Crippen LogP contribution in [0.25, 0.3) is 0 Å². The normalized spacial score (nSPS) is 16.6. The number of hydrogen-bond acceptors (Lipinski definition) is 4. The van der Waals surface area contributed by atoms with E-state index in [9.17, 15) is 9.59 Å². The van der Waals surface area contributed by atoms with E-state index in [0.717, 1.165) is 31.7 Å². The van der Waals surface area contributed by atoms with E-state index in [0.29, 0.717) is 5.69 Å². The molecule has 0 aliphatic carbocycles. The third kappa shape index (κ3) is 5.31. The molecule has 2 N–H and O–H groups in total. The first-order valence-electron chi connectivity index (χ1n) is 7.33. The molecule has 0 atom stereocenters. The van der Waals surface area contributed by atoms with E-state index in [1.54, 1.807) is 0 Å². The second-order valence-electron chi connectivity index (χ2n) is 5.46. The molecule has 1 heterocycles. The van der Waals surface area contributed by atoms with E-state index in [1.165, 1.54) is 12.2 Å². The fourth-order valence-corrected chi connectivity index (χ4v) is 2.17. The molecule has 0 spiro atoms. The SMILES string of the molecule is Cc1cccc(NC(=O)/C=C\C(=O)NN2CCN(C)CC2)c1. The molecule has 0 unspecified atom stereocenters. The predicted octanol–water partition coefficient (Wildman–Crippen LogP) is 0.768. The maximum atomic E-state index is 11.8. The summed E-state index contributed by atoms with van der Waals surface area (Å²) in [7, 11) is 2.05. The number of aryl methyl sites for hydroxylation is 1. The van der Waals surface area contributed by atoms with Crippen LogP contribution in [0.3, 0.4) is 0 Å². The van der Waals surface area contributed by atoms with E-state index in [2.05, 4.69) is 22.7 Å². The molecule has 0 aromatic heterocycles. The van der Waals surface area contributed by atoms with Crippen LogP contribution >= 0.6 is 0 Å². The van der Waals surface area contributed by atoms with Gasteiger partial charge in [0.25, 0.3) is 5.91 Å². The summed E-state index contributed by atoms with van der Waals surface area (Å²) in [6.45, 7) is 5.35. The van der Waals surface area contributed by atoms with Crippen molar-refractivity contribution in [2.24, 2.45) is 0 Å². The minimum Gasteiger partial charge on any atom is -0.323 e.